The lowest BCUT2D eigenvalue weighted by Gasteiger charge is -2.44. The molecule has 1 fully saturated rings. The molecule has 1 aliphatic rings. The topological polar surface area (TPSA) is 30.3 Å². The van der Waals surface area contributed by atoms with E-state index >= 15 is 0 Å². The van der Waals surface area contributed by atoms with Crippen molar-refractivity contribution in [2.75, 3.05) is 13.2 Å². The van der Waals surface area contributed by atoms with Gasteiger partial charge in [-0.25, -0.2) is 0 Å². The van der Waals surface area contributed by atoms with Crippen LogP contribution in [0.4, 0.5) is 0 Å². The molecule has 0 aromatic carbocycles. The Morgan fingerprint density at radius 1 is 1.53 bits per heavy atom. The zero-order valence-corrected chi connectivity index (χ0v) is 11.5. The zero-order valence-electron chi connectivity index (χ0n) is 11.5. The van der Waals surface area contributed by atoms with Gasteiger partial charge in [0.1, 0.15) is 0 Å². The number of aryl methyl sites for hydroxylation is 2. The van der Waals surface area contributed by atoms with Gasteiger partial charge in [-0.1, -0.05) is 0 Å². The third-order valence-corrected chi connectivity index (χ3v) is 3.53. The van der Waals surface area contributed by atoms with Crippen molar-refractivity contribution in [2.45, 2.75) is 45.9 Å². The van der Waals surface area contributed by atoms with Crippen LogP contribution in [-0.2, 0) is 18.3 Å². The van der Waals surface area contributed by atoms with Crippen LogP contribution in [0, 0.1) is 6.92 Å². The predicted octanol–water partition coefficient (Wildman–Crippen LogP) is 1.73. The van der Waals surface area contributed by atoms with E-state index in [0.717, 1.165) is 25.4 Å². The van der Waals surface area contributed by atoms with Crippen LogP contribution in [0.25, 0.3) is 0 Å². The van der Waals surface area contributed by atoms with Gasteiger partial charge in [0.15, 0.2) is 0 Å². The van der Waals surface area contributed by atoms with E-state index in [4.69, 9.17) is 4.74 Å². The summed E-state index contributed by atoms with van der Waals surface area (Å²) in [7, 11) is 1.98. The van der Waals surface area contributed by atoms with Crippen LogP contribution in [-0.4, -0.2) is 39.5 Å². The zero-order chi connectivity index (χ0) is 12.6. The molecule has 0 radical (unpaired) electrons. The molecule has 0 spiro atoms. The molecule has 2 rings (SSSR count). The summed E-state index contributed by atoms with van der Waals surface area (Å²) in [5.41, 5.74) is 2.55. The van der Waals surface area contributed by atoms with Crippen molar-refractivity contribution >= 4 is 0 Å². The van der Waals surface area contributed by atoms with Gasteiger partial charge in [0, 0.05) is 37.4 Å². The number of morpholine rings is 1. The SMILES string of the molecule is Cc1nn(C)cc1CN1C[C@@H](C)OCC1(C)C. The quantitative estimate of drug-likeness (QED) is 0.784. The first-order valence-electron chi connectivity index (χ1n) is 6.24. The average molecular weight is 237 g/mol. The lowest BCUT2D eigenvalue weighted by molar-refractivity contribution is -0.0950. The monoisotopic (exact) mass is 237 g/mol. The first-order valence-corrected chi connectivity index (χ1v) is 6.24. The van der Waals surface area contributed by atoms with E-state index in [1.807, 2.05) is 11.7 Å². The fourth-order valence-corrected chi connectivity index (χ4v) is 2.34. The molecule has 0 aliphatic carbocycles. The van der Waals surface area contributed by atoms with Crippen LogP contribution in [0.5, 0.6) is 0 Å². The van der Waals surface area contributed by atoms with Gasteiger partial charge >= 0.3 is 0 Å². The molecule has 17 heavy (non-hydrogen) atoms. The van der Waals surface area contributed by atoms with Crippen LogP contribution in [0.3, 0.4) is 0 Å². The molecule has 2 heterocycles. The minimum absolute atomic E-state index is 0.106. The summed E-state index contributed by atoms with van der Waals surface area (Å²) in [5, 5.41) is 4.40. The molecule has 0 saturated carbocycles. The molecule has 96 valence electrons. The van der Waals surface area contributed by atoms with Gasteiger partial charge in [0.2, 0.25) is 0 Å². The standard InChI is InChI=1S/C13H23N3O/c1-10-6-16(13(3,4)9-17-10)8-12-7-15(5)14-11(12)2/h7,10H,6,8-9H2,1-5H3/t10-/m1/s1. The van der Waals surface area contributed by atoms with Crippen molar-refractivity contribution in [1.29, 1.82) is 0 Å². The second-order valence-corrected chi connectivity index (χ2v) is 5.73. The maximum absolute atomic E-state index is 5.73. The maximum atomic E-state index is 5.73. The highest BCUT2D eigenvalue weighted by Crippen LogP contribution is 2.24. The summed E-state index contributed by atoms with van der Waals surface area (Å²) in [4.78, 5) is 2.49. The molecule has 4 nitrogen and oxygen atoms in total. The fraction of sp³-hybridized carbons (Fsp3) is 0.769. The van der Waals surface area contributed by atoms with E-state index in [2.05, 4.69) is 43.9 Å². The Morgan fingerprint density at radius 3 is 2.82 bits per heavy atom. The number of hydrogen-bond acceptors (Lipinski definition) is 3. The van der Waals surface area contributed by atoms with Gasteiger partial charge in [-0.3, -0.25) is 9.58 Å². The molecule has 0 amide bonds. The third-order valence-electron chi connectivity index (χ3n) is 3.53. The molecule has 1 aliphatic heterocycles. The second-order valence-electron chi connectivity index (χ2n) is 5.73. The van der Waals surface area contributed by atoms with Gasteiger partial charge in [-0.2, -0.15) is 5.10 Å². The highest BCUT2D eigenvalue weighted by atomic mass is 16.5. The molecule has 0 unspecified atom stereocenters. The minimum atomic E-state index is 0.106. The largest absolute Gasteiger partial charge is 0.375 e. The molecular formula is C13H23N3O. The van der Waals surface area contributed by atoms with Crippen molar-refractivity contribution in [1.82, 2.24) is 14.7 Å². The summed E-state index contributed by atoms with van der Waals surface area (Å²) in [5.74, 6) is 0. The Kier molecular flexibility index (Phi) is 3.27. The van der Waals surface area contributed by atoms with E-state index in [9.17, 15) is 0 Å². The number of hydrogen-bond donors (Lipinski definition) is 0. The van der Waals surface area contributed by atoms with E-state index < -0.39 is 0 Å². The predicted molar refractivity (Wildman–Crippen MR) is 67.8 cm³/mol. The number of rotatable bonds is 2. The van der Waals surface area contributed by atoms with Crippen LogP contribution in [0.1, 0.15) is 32.0 Å². The number of aromatic nitrogens is 2. The molecule has 0 bridgehead atoms. The van der Waals surface area contributed by atoms with Crippen molar-refractivity contribution < 1.29 is 4.74 Å². The Hall–Kier alpha value is -0.870. The van der Waals surface area contributed by atoms with E-state index in [1.54, 1.807) is 0 Å². The van der Waals surface area contributed by atoms with E-state index in [0.29, 0.717) is 6.10 Å². The van der Waals surface area contributed by atoms with Crippen LogP contribution < -0.4 is 0 Å². The lowest BCUT2D eigenvalue weighted by Crippen LogP contribution is -2.54. The van der Waals surface area contributed by atoms with Crippen molar-refractivity contribution in [2.24, 2.45) is 7.05 Å². The molecule has 0 N–H and O–H groups in total. The Labute approximate surface area is 104 Å². The van der Waals surface area contributed by atoms with Gasteiger partial charge in [-0.15, -0.1) is 0 Å². The minimum Gasteiger partial charge on any atom is -0.375 e. The van der Waals surface area contributed by atoms with E-state index in [1.165, 1.54) is 5.56 Å². The summed E-state index contributed by atoms with van der Waals surface area (Å²) in [6.07, 6.45) is 2.44. The summed E-state index contributed by atoms with van der Waals surface area (Å²) in [6, 6.07) is 0. The Balaban J connectivity index is 2.13. The second kappa shape index (κ2) is 4.42. The summed E-state index contributed by atoms with van der Waals surface area (Å²) < 4.78 is 7.62. The van der Waals surface area contributed by atoms with Gasteiger partial charge < -0.3 is 4.74 Å². The first kappa shape index (κ1) is 12.6. The molecule has 1 aromatic rings. The average Bonchev–Trinajstić information content (AvgIpc) is 2.52. The third kappa shape index (κ3) is 2.69. The molecular weight excluding hydrogens is 214 g/mol. The highest BCUT2D eigenvalue weighted by molar-refractivity contribution is 5.15. The van der Waals surface area contributed by atoms with Crippen molar-refractivity contribution in [3.63, 3.8) is 0 Å². The fourth-order valence-electron chi connectivity index (χ4n) is 2.34. The van der Waals surface area contributed by atoms with Gasteiger partial charge in [0.25, 0.3) is 0 Å². The first-order chi connectivity index (χ1) is 7.88. The molecule has 1 saturated heterocycles. The maximum Gasteiger partial charge on any atom is 0.0675 e. The highest BCUT2D eigenvalue weighted by Gasteiger charge is 2.33. The van der Waals surface area contributed by atoms with Crippen LogP contribution in [0.2, 0.25) is 0 Å². The number of ether oxygens (including phenoxy) is 1. The molecule has 4 heteroatoms. The van der Waals surface area contributed by atoms with E-state index in [-0.39, 0.29) is 5.54 Å². The smallest absolute Gasteiger partial charge is 0.0675 e. The summed E-state index contributed by atoms with van der Waals surface area (Å²) >= 11 is 0. The van der Waals surface area contributed by atoms with Gasteiger partial charge in [0.05, 0.1) is 18.4 Å². The van der Waals surface area contributed by atoms with Crippen LogP contribution >= 0.6 is 0 Å². The van der Waals surface area contributed by atoms with Crippen molar-refractivity contribution in [3.8, 4) is 0 Å². The number of nitrogens with zero attached hydrogens (tertiary/aromatic N) is 3. The van der Waals surface area contributed by atoms with Crippen molar-refractivity contribution in [3.05, 3.63) is 17.5 Å². The lowest BCUT2D eigenvalue weighted by atomic mass is 10.00. The Bertz CT molecular complexity index is 397. The molecule has 1 aromatic heterocycles. The molecule has 1 atom stereocenters. The summed E-state index contributed by atoms with van der Waals surface area (Å²) in [6.45, 7) is 11.4. The van der Waals surface area contributed by atoms with Crippen LogP contribution in [0.15, 0.2) is 6.20 Å². The van der Waals surface area contributed by atoms with Gasteiger partial charge in [-0.05, 0) is 27.7 Å². The normalized spacial score (nSPS) is 25.1. The Morgan fingerprint density at radius 2 is 2.24 bits per heavy atom.